The molecule has 0 fully saturated rings. The number of guanidine groups is 1. The van der Waals surface area contributed by atoms with Gasteiger partial charge in [-0.2, -0.15) is 12.6 Å². The van der Waals surface area contributed by atoms with Crippen LogP contribution >= 0.6 is 12.6 Å². The SMILES string of the molecule is N=C(N)NCCCC(N)C(=O)O.NC(CS)C(=O)O.NCC(=O)O.NCCCCC(N)C(=O)O.NCCCCC(N)C(=O)O. The number of carbonyl (C=O) groups is 5. The van der Waals surface area contributed by atoms with E-state index in [2.05, 4.69) is 23.7 Å². The van der Waals surface area contributed by atoms with E-state index in [1.807, 2.05) is 0 Å². The maximum absolute atomic E-state index is 10.2. The Labute approximate surface area is 262 Å². The first kappa shape index (κ1) is 50.3. The van der Waals surface area contributed by atoms with Gasteiger partial charge in [-0.05, 0) is 51.6 Å². The zero-order valence-corrected chi connectivity index (χ0v) is 25.7. The van der Waals surface area contributed by atoms with Gasteiger partial charge in [-0.15, -0.1) is 0 Å². The maximum atomic E-state index is 10.2. The molecular weight excluding hydrogens is 608 g/mol. The normalized spacial score (nSPS) is 12.2. The molecule has 262 valence electrons. The highest BCUT2D eigenvalue weighted by molar-refractivity contribution is 7.80. The number of nitrogens with one attached hydrogen (secondary N) is 2. The molecule has 0 saturated carbocycles. The Balaban J connectivity index is -0.000000148. The monoisotopic (exact) mass is 662 g/mol. The zero-order chi connectivity index (χ0) is 35.7. The summed E-state index contributed by atoms with van der Waals surface area (Å²) in [5.74, 6) is -4.76. The van der Waals surface area contributed by atoms with Gasteiger partial charge in [0, 0.05) is 12.3 Å². The summed E-state index contributed by atoms with van der Waals surface area (Å²) in [5.41, 5.74) is 40.6. The van der Waals surface area contributed by atoms with E-state index < -0.39 is 54.0 Å². The Morgan fingerprint density at radius 3 is 1.09 bits per heavy atom. The van der Waals surface area contributed by atoms with Crippen LogP contribution in [0.3, 0.4) is 0 Å². The van der Waals surface area contributed by atoms with Crippen molar-refractivity contribution in [1.29, 1.82) is 5.41 Å². The Hall–Kier alpha value is -3.31. The van der Waals surface area contributed by atoms with Crippen molar-refractivity contribution >= 4 is 48.4 Å². The number of hydrogen-bond donors (Lipinski definition) is 16. The highest BCUT2D eigenvalue weighted by Crippen LogP contribution is 1.97. The smallest absolute Gasteiger partial charge is 0.321 e. The summed E-state index contributed by atoms with van der Waals surface area (Å²) < 4.78 is 0. The number of hydrogen-bond acceptors (Lipinski definition) is 14. The molecule has 0 spiro atoms. The summed E-state index contributed by atoms with van der Waals surface area (Å²) in [6, 6.07) is -3.07. The largest absolute Gasteiger partial charge is 0.480 e. The summed E-state index contributed by atoms with van der Waals surface area (Å²) >= 11 is 3.65. The average molecular weight is 663 g/mol. The Morgan fingerprint density at radius 1 is 0.614 bits per heavy atom. The van der Waals surface area contributed by atoms with Gasteiger partial charge in [0.15, 0.2) is 5.96 Å². The number of thiol groups is 1. The topological polar surface area (TPSA) is 431 Å². The number of unbranched alkanes of at least 4 members (excludes halogenated alkanes) is 2. The predicted molar refractivity (Wildman–Crippen MR) is 168 cm³/mol. The molecule has 0 aromatic rings. The summed E-state index contributed by atoms with van der Waals surface area (Å²) in [6.45, 7) is 1.41. The molecule has 0 rings (SSSR count). The molecular formula is C23H54N10O10S. The molecule has 0 aromatic heterocycles. The van der Waals surface area contributed by atoms with Crippen molar-refractivity contribution in [2.24, 2.45) is 45.9 Å². The average Bonchev–Trinajstić information content (AvgIpc) is 2.95. The van der Waals surface area contributed by atoms with Crippen LogP contribution in [0, 0.1) is 5.41 Å². The highest BCUT2D eigenvalue weighted by atomic mass is 32.1. The third-order valence-electron chi connectivity index (χ3n) is 4.59. The second-order valence-corrected chi connectivity index (χ2v) is 8.98. The standard InChI is InChI=1S/C6H14N4O2.2C6H14N2O2.C3H7NO2S.C2H5NO2/c7-4(5(11)12)2-1-3-10-6(8)9;2*7-4-2-1-3-5(8)6(9)10;4-2(1-7)3(5)6;3-1-2(4)5/h4H,1-3,7H2,(H,11,12)(H4,8,9,10);2*5H,1-4,7-8H2,(H,9,10);2,7H,1,4H2,(H,5,6);1,3H2,(H,4,5). The van der Waals surface area contributed by atoms with Crippen molar-refractivity contribution in [3.8, 4) is 0 Å². The van der Waals surface area contributed by atoms with Crippen molar-refractivity contribution in [1.82, 2.24) is 5.32 Å². The minimum atomic E-state index is -1.00. The fourth-order valence-corrected chi connectivity index (χ4v) is 2.17. The fourth-order valence-electron chi connectivity index (χ4n) is 2.01. The van der Waals surface area contributed by atoms with Crippen LogP contribution in [-0.2, 0) is 24.0 Å². The van der Waals surface area contributed by atoms with Crippen molar-refractivity contribution in [2.45, 2.75) is 75.5 Å². The molecule has 0 aliphatic carbocycles. The van der Waals surface area contributed by atoms with Crippen LogP contribution in [0.2, 0.25) is 0 Å². The number of rotatable bonds is 18. The first-order chi connectivity index (χ1) is 20.3. The summed E-state index contributed by atoms with van der Waals surface area (Å²) in [6.07, 6.45) is 5.30. The molecule has 0 aromatic carbocycles. The molecule has 0 heterocycles. The molecule has 44 heavy (non-hydrogen) atoms. The van der Waals surface area contributed by atoms with Gasteiger partial charge in [0.25, 0.3) is 0 Å². The number of aliphatic carboxylic acids is 5. The van der Waals surface area contributed by atoms with Crippen LogP contribution in [0.5, 0.6) is 0 Å². The Morgan fingerprint density at radius 2 is 0.909 bits per heavy atom. The van der Waals surface area contributed by atoms with Crippen LogP contribution in [0.4, 0.5) is 0 Å². The third kappa shape index (κ3) is 48.4. The molecule has 0 radical (unpaired) electrons. The van der Waals surface area contributed by atoms with E-state index in [0.717, 1.165) is 25.7 Å². The molecule has 0 aliphatic heterocycles. The minimum absolute atomic E-state index is 0.112. The van der Waals surface area contributed by atoms with Gasteiger partial charge in [0.1, 0.15) is 24.2 Å². The first-order valence-electron chi connectivity index (χ1n) is 13.3. The lowest BCUT2D eigenvalue weighted by molar-refractivity contribution is -0.139. The Bertz CT molecular complexity index is 758. The van der Waals surface area contributed by atoms with Crippen molar-refractivity contribution < 1.29 is 49.5 Å². The predicted octanol–water partition coefficient (Wildman–Crippen LogP) is -3.93. The molecule has 0 saturated heterocycles. The molecule has 4 unspecified atom stereocenters. The first-order valence-corrected chi connectivity index (χ1v) is 13.9. The lowest BCUT2D eigenvalue weighted by atomic mass is 10.1. The minimum Gasteiger partial charge on any atom is -0.480 e. The third-order valence-corrected chi connectivity index (χ3v) is 4.98. The summed E-state index contributed by atoms with van der Waals surface area (Å²) in [5, 5.41) is 50.0. The van der Waals surface area contributed by atoms with E-state index in [-0.39, 0.29) is 18.3 Å². The summed E-state index contributed by atoms with van der Waals surface area (Å²) in [7, 11) is 0. The highest BCUT2D eigenvalue weighted by Gasteiger charge is 2.11. The fraction of sp³-hybridized carbons (Fsp3) is 0.739. The lowest BCUT2D eigenvalue weighted by Gasteiger charge is -2.06. The van der Waals surface area contributed by atoms with E-state index in [0.29, 0.717) is 45.3 Å². The van der Waals surface area contributed by atoms with E-state index in [9.17, 15) is 24.0 Å². The van der Waals surface area contributed by atoms with Crippen LogP contribution < -0.4 is 51.2 Å². The number of carboxylic acids is 5. The van der Waals surface area contributed by atoms with Gasteiger partial charge in [-0.3, -0.25) is 29.4 Å². The second-order valence-electron chi connectivity index (χ2n) is 8.61. The molecule has 0 amide bonds. The number of carboxylic acid groups (broad SMARTS) is 5. The van der Waals surface area contributed by atoms with E-state index in [1.165, 1.54) is 0 Å². The quantitative estimate of drug-likeness (QED) is 0.0288. The molecule has 0 aliphatic rings. The van der Waals surface area contributed by atoms with Gasteiger partial charge in [-0.1, -0.05) is 12.8 Å². The van der Waals surface area contributed by atoms with E-state index in [1.54, 1.807) is 0 Å². The van der Waals surface area contributed by atoms with E-state index in [4.69, 9.17) is 71.1 Å². The van der Waals surface area contributed by atoms with Crippen LogP contribution in [0.15, 0.2) is 0 Å². The van der Waals surface area contributed by atoms with Crippen molar-refractivity contribution in [2.75, 3.05) is 31.9 Å². The van der Waals surface area contributed by atoms with E-state index >= 15 is 0 Å². The maximum Gasteiger partial charge on any atom is 0.321 e. The van der Waals surface area contributed by atoms with Gasteiger partial charge >= 0.3 is 29.8 Å². The Kier molecular flexibility index (Phi) is 41.0. The van der Waals surface area contributed by atoms with Gasteiger partial charge in [-0.25, -0.2) is 0 Å². The van der Waals surface area contributed by atoms with Crippen LogP contribution in [0.1, 0.15) is 51.4 Å². The van der Waals surface area contributed by atoms with Crippen molar-refractivity contribution in [3.05, 3.63) is 0 Å². The molecule has 23 N–H and O–H groups in total. The molecule has 4 atom stereocenters. The lowest BCUT2D eigenvalue weighted by Crippen LogP contribution is -2.34. The van der Waals surface area contributed by atoms with Crippen molar-refractivity contribution in [3.63, 3.8) is 0 Å². The van der Waals surface area contributed by atoms with Crippen LogP contribution in [0.25, 0.3) is 0 Å². The summed E-state index contributed by atoms with van der Waals surface area (Å²) in [4.78, 5) is 49.5. The molecule has 0 bridgehead atoms. The molecule has 20 nitrogen and oxygen atoms in total. The van der Waals surface area contributed by atoms with Gasteiger partial charge < -0.3 is 76.7 Å². The van der Waals surface area contributed by atoms with Gasteiger partial charge in [0.05, 0.1) is 6.54 Å². The molecule has 21 heteroatoms. The van der Waals surface area contributed by atoms with Gasteiger partial charge in [0.2, 0.25) is 0 Å². The van der Waals surface area contributed by atoms with Crippen LogP contribution in [-0.4, -0.2) is 117 Å². The zero-order valence-electron chi connectivity index (χ0n) is 24.8. The number of nitrogens with two attached hydrogens (primary N) is 8. The second kappa shape index (κ2) is 35.9.